The zero-order valence-electron chi connectivity index (χ0n) is 15.4. The fourth-order valence-electron chi connectivity index (χ4n) is 2.70. The van der Waals surface area contributed by atoms with E-state index in [1.54, 1.807) is 11.5 Å². The van der Waals surface area contributed by atoms with E-state index in [1.165, 1.54) is 22.7 Å². The van der Waals surface area contributed by atoms with Crippen molar-refractivity contribution in [2.45, 2.75) is 13.5 Å². The van der Waals surface area contributed by atoms with Crippen LogP contribution >= 0.6 is 34.9 Å². The number of aromatic nitrogens is 5. The molecule has 4 rings (SSSR count). The second kappa shape index (κ2) is 8.19. The molecule has 4 aromatic rings. The van der Waals surface area contributed by atoms with Crippen LogP contribution < -0.4 is 5.32 Å². The summed E-state index contributed by atoms with van der Waals surface area (Å²) in [5, 5.41) is 12.9. The van der Waals surface area contributed by atoms with E-state index in [-0.39, 0.29) is 5.91 Å². The third-order valence-electron chi connectivity index (χ3n) is 4.05. The number of allylic oxidation sites excluding steroid dienone is 1. The van der Waals surface area contributed by atoms with E-state index in [1.807, 2.05) is 41.8 Å². The highest BCUT2D eigenvalue weighted by Crippen LogP contribution is 2.32. The van der Waals surface area contributed by atoms with Crippen molar-refractivity contribution < 1.29 is 4.79 Å². The predicted molar refractivity (Wildman–Crippen MR) is 119 cm³/mol. The molecular weight excluding hydrogens is 424 g/mol. The number of aromatic amines is 1. The van der Waals surface area contributed by atoms with Gasteiger partial charge in [-0.25, -0.2) is 9.97 Å². The molecule has 7 nitrogen and oxygen atoms in total. The van der Waals surface area contributed by atoms with Crippen LogP contribution in [0, 0.1) is 11.7 Å². The molecule has 0 fully saturated rings. The first kappa shape index (κ1) is 19.4. The van der Waals surface area contributed by atoms with Crippen molar-refractivity contribution in [1.82, 2.24) is 24.7 Å². The van der Waals surface area contributed by atoms with Crippen LogP contribution in [0.2, 0.25) is 0 Å². The minimum atomic E-state index is -0.298. The molecule has 0 aliphatic carbocycles. The smallest absolute Gasteiger partial charge is 0.276 e. The van der Waals surface area contributed by atoms with Crippen molar-refractivity contribution in [1.29, 1.82) is 0 Å². The molecule has 0 spiro atoms. The van der Waals surface area contributed by atoms with E-state index < -0.39 is 0 Å². The van der Waals surface area contributed by atoms with Gasteiger partial charge >= 0.3 is 0 Å². The van der Waals surface area contributed by atoms with Crippen molar-refractivity contribution in [3.8, 4) is 21.3 Å². The van der Waals surface area contributed by atoms with Crippen molar-refractivity contribution in [2.75, 3.05) is 5.32 Å². The zero-order chi connectivity index (χ0) is 20.4. The molecule has 3 aromatic heterocycles. The lowest BCUT2D eigenvalue weighted by Crippen LogP contribution is -2.12. The van der Waals surface area contributed by atoms with Crippen LogP contribution in [-0.2, 0) is 6.54 Å². The van der Waals surface area contributed by atoms with Gasteiger partial charge in [0.25, 0.3) is 5.91 Å². The molecule has 0 radical (unpaired) electrons. The first-order valence-electron chi connectivity index (χ1n) is 8.63. The van der Waals surface area contributed by atoms with E-state index in [2.05, 4.69) is 32.1 Å². The molecule has 0 aliphatic heterocycles. The molecule has 0 aliphatic rings. The van der Waals surface area contributed by atoms with Gasteiger partial charge in [-0.1, -0.05) is 47.7 Å². The summed E-state index contributed by atoms with van der Waals surface area (Å²) in [7, 11) is 0. The van der Waals surface area contributed by atoms with Crippen LogP contribution in [0.5, 0.6) is 0 Å². The maximum absolute atomic E-state index is 12.6. The molecule has 146 valence electrons. The summed E-state index contributed by atoms with van der Waals surface area (Å²) in [6.07, 6.45) is 1.75. The Labute approximate surface area is 179 Å². The predicted octanol–water partition coefficient (Wildman–Crippen LogP) is 4.93. The lowest BCUT2D eigenvalue weighted by atomic mass is 10.2. The minimum absolute atomic E-state index is 0.298. The monoisotopic (exact) mass is 440 g/mol. The molecule has 29 heavy (non-hydrogen) atoms. The SMILES string of the molecule is C=CCn1c(-c2sc(NC(=O)c3csc(-c4ccccc4)n3)nc2C)n[nH]c1=S. The summed E-state index contributed by atoms with van der Waals surface area (Å²) in [4.78, 5) is 22.4. The number of thiazole rings is 2. The molecular formula is C19H16N6OS3. The lowest BCUT2D eigenvalue weighted by Gasteiger charge is -2.01. The Bertz CT molecular complexity index is 1230. The number of amides is 1. The average molecular weight is 441 g/mol. The van der Waals surface area contributed by atoms with Gasteiger partial charge in [0.05, 0.1) is 10.6 Å². The second-order valence-corrected chi connectivity index (χ2v) is 8.29. The molecule has 0 atom stereocenters. The second-order valence-electron chi connectivity index (χ2n) is 6.04. The van der Waals surface area contributed by atoms with Crippen LogP contribution in [0.15, 0.2) is 48.4 Å². The van der Waals surface area contributed by atoms with Crippen LogP contribution in [0.4, 0.5) is 5.13 Å². The number of aryl methyl sites for hydroxylation is 1. The molecule has 0 saturated carbocycles. The van der Waals surface area contributed by atoms with Crippen LogP contribution in [0.1, 0.15) is 16.2 Å². The van der Waals surface area contributed by atoms with Crippen LogP contribution in [0.25, 0.3) is 21.3 Å². The van der Waals surface area contributed by atoms with Crippen molar-refractivity contribution in [3.63, 3.8) is 0 Å². The van der Waals surface area contributed by atoms with Gasteiger partial charge in [0, 0.05) is 17.5 Å². The Morgan fingerprint density at radius 3 is 2.90 bits per heavy atom. The largest absolute Gasteiger partial charge is 0.296 e. The highest BCUT2D eigenvalue weighted by molar-refractivity contribution is 7.71. The number of carbonyl (C=O) groups excluding carboxylic acids is 1. The molecule has 10 heteroatoms. The van der Waals surface area contributed by atoms with Gasteiger partial charge in [-0.15, -0.1) is 17.9 Å². The summed E-state index contributed by atoms with van der Waals surface area (Å²) in [6, 6.07) is 9.76. The first-order valence-corrected chi connectivity index (χ1v) is 10.7. The van der Waals surface area contributed by atoms with Gasteiger partial charge in [-0.2, -0.15) is 5.10 Å². The Hall–Kier alpha value is -2.95. The van der Waals surface area contributed by atoms with Gasteiger partial charge in [0.1, 0.15) is 10.7 Å². The Morgan fingerprint density at radius 1 is 1.34 bits per heavy atom. The number of carbonyl (C=O) groups is 1. The standard InChI is InChI=1S/C19H16N6OS3/c1-3-9-25-15(23-24-19(25)27)14-11(2)20-18(29-14)22-16(26)13-10-28-17(21-13)12-7-5-4-6-8-12/h3-8,10H,1,9H2,2H3,(H,24,27)(H,20,22,26). The van der Waals surface area contributed by atoms with E-state index >= 15 is 0 Å². The third kappa shape index (κ3) is 3.95. The number of hydrogen-bond acceptors (Lipinski definition) is 7. The molecule has 1 aromatic carbocycles. The minimum Gasteiger partial charge on any atom is -0.296 e. The van der Waals surface area contributed by atoms with Gasteiger partial charge in [0.2, 0.25) is 0 Å². The number of nitrogens with one attached hydrogen (secondary N) is 2. The fourth-order valence-corrected chi connectivity index (χ4v) is 4.67. The maximum atomic E-state index is 12.6. The van der Waals surface area contributed by atoms with E-state index in [9.17, 15) is 4.79 Å². The quantitative estimate of drug-likeness (QED) is 0.328. The molecule has 2 N–H and O–H groups in total. The van der Waals surface area contributed by atoms with Gasteiger partial charge in [-0.3, -0.25) is 19.8 Å². The highest BCUT2D eigenvalue weighted by atomic mass is 32.1. The van der Waals surface area contributed by atoms with Gasteiger partial charge in [0.15, 0.2) is 15.7 Å². The summed E-state index contributed by atoms with van der Waals surface area (Å²) in [5.41, 5.74) is 2.10. The third-order valence-corrected chi connectivity index (χ3v) is 6.32. The summed E-state index contributed by atoms with van der Waals surface area (Å²) in [5.74, 6) is 0.374. The molecule has 0 bridgehead atoms. The van der Waals surface area contributed by atoms with Crippen LogP contribution in [0.3, 0.4) is 0 Å². The number of H-pyrrole nitrogens is 1. The topological polar surface area (TPSA) is 88.5 Å². The Morgan fingerprint density at radius 2 is 2.14 bits per heavy atom. The fraction of sp³-hybridized carbons (Fsp3) is 0.105. The normalized spacial score (nSPS) is 10.8. The van der Waals surface area contributed by atoms with Crippen molar-refractivity contribution in [2.24, 2.45) is 0 Å². The van der Waals surface area contributed by atoms with Gasteiger partial charge in [-0.05, 0) is 19.1 Å². The van der Waals surface area contributed by atoms with Crippen molar-refractivity contribution in [3.05, 3.63) is 64.5 Å². The lowest BCUT2D eigenvalue weighted by molar-refractivity contribution is 0.102. The summed E-state index contributed by atoms with van der Waals surface area (Å²) < 4.78 is 2.34. The number of hydrogen-bond donors (Lipinski definition) is 2. The first-order chi connectivity index (χ1) is 14.1. The highest BCUT2D eigenvalue weighted by Gasteiger charge is 2.19. The number of rotatable bonds is 6. The maximum Gasteiger partial charge on any atom is 0.276 e. The number of anilines is 1. The molecule has 3 heterocycles. The molecule has 1 amide bonds. The molecule has 0 saturated heterocycles. The van der Waals surface area contributed by atoms with E-state index in [4.69, 9.17) is 12.2 Å². The van der Waals surface area contributed by atoms with E-state index in [0.717, 1.165) is 21.1 Å². The summed E-state index contributed by atoms with van der Waals surface area (Å²) >= 11 is 8.04. The number of benzene rings is 1. The molecule has 0 unspecified atom stereocenters. The Kier molecular flexibility index (Phi) is 5.47. The van der Waals surface area contributed by atoms with Crippen molar-refractivity contribution >= 4 is 45.9 Å². The van der Waals surface area contributed by atoms with Crippen LogP contribution in [-0.4, -0.2) is 30.6 Å². The van der Waals surface area contributed by atoms with Gasteiger partial charge < -0.3 is 0 Å². The Balaban J connectivity index is 1.56. The number of nitrogens with zero attached hydrogens (tertiary/aromatic N) is 4. The zero-order valence-corrected chi connectivity index (χ0v) is 17.8. The average Bonchev–Trinajstić information content (AvgIpc) is 3.43. The van der Waals surface area contributed by atoms with E-state index in [0.29, 0.717) is 28.0 Å². The summed E-state index contributed by atoms with van der Waals surface area (Å²) in [6.45, 7) is 6.15.